The van der Waals surface area contributed by atoms with Crippen molar-refractivity contribution in [2.75, 3.05) is 17.7 Å². The van der Waals surface area contributed by atoms with Crippen molar-refractivity contribution < 1.29 is 13.5 Å². The Morgan fingerprint density at radius 3 is 2.71 bits per heavy atom. The van der Waals surface area contributed by atoms with Crippen LogP contribution in [0.2, 0.25) is 0 Å². The molecule has 0 bridgehead atoms. The van der Waals surface area contributed by atoms with Gasteiger partial charge in [-0.2, -0.15) is 10.1 Å². The fraction of sp³-hybridized carbons (Fsp3) is 0.0625. The van der Waals surface area contributed by atoms with E-state index in [-0.39, 0.29) is 11.6 Å². The number of hydrogen-bond acceptors (Lipinski definition) is 6. The number of ether oxygens (including phenoxy) is 1. The van der Waals surface area contributed by atoms with Crippen molar-refractivity contribution in [2.45, 2.75) is 0 Å². The normalized spacial score (nSPS) is 10.3. The molecule has 0 unspecified atom stereocenters. The fourth-order valence-electron chi connectivity index (χ4n) is 1.98. The lowest BCUT2D eigenvalue weighted by molar-refractivity contribution is 0.415. The van der Waals surface area contributed by atoms with E-state index in [1.807, 2.05) is 18.2 Å². The molecule has 8 heteroatoms. The summed E-state index contributed by atoms with van der Waals surface area (Å²) in [5.74, 6) is -0.235. The average Bonchev–Trinajstić information content (AvgIpc) is 2.58. The summed E-state index contributed by atoms with van der Waals surface area (Å²) < 4.78 is 31.7. The van der Waals surface area contributed by atoms with Crippen molar-refractivity contribution in [1.82, 2.24) is 15.2 Å². The van der Waals surface area contributed by atoms with E-state index in [4.69, 9.17) is 4.74 Å². The monoisotopic (exact) mass is 329 g/mol. The second-order valence-corrected chi connectivity index (χ2v) is 4.77. The lowest BCUT2D eigenvalue weighted by Crippen LogP contribution is -2.03. The number of anilines is 4. The molecule has 0 spiro atoms. The van der Waals surface area contributed by atoms with Crippen molar-refractivity contribution in [3.8, 4) is 5.75 Å². The predicted octanol–water partition coefficient (Wildman–Crippen LogP) is 3.65. The van der Waals surface area contributed by atoms with Gasteiger partial charge >= 0.3 is 0 Å². The SMILES string of the molecule is COc1cccc(Nc2cnnc(Nc3ccc(F)cc3F)n2)c1. The molecule has 0 amide bonds. The number of methoxy groups -OCH3 is 1. The van der Waals surface area contributed by atoms with Gasteiger partial charge in [0.25, 0.3) is 0 Å². The summed E-state index contributed by atoms with van der Waals surface area (Å²) in [4.78, 5) is 4.19. The molecule has 0 aliphatic carbocycles. The van der Waals surface area contributed by atoms with Crippen LogP contribution >= 0.6 is 0 Å². The van der Waals surface area contributed by atoms with E-state index in [2.05, 4.69) is 25.8 Å². The van der Waals surface area contributed by atoms with E-state index < -0.39 is 11.6 Å². The van der Waals surface area contributed by atoms with E-state index in [0.717, 1.165) is 17.8 Å². The molecule has 2 aromatic carbocycles. The number of halogens is 2. The molecule has 1 heterocycles. The molecule has 2 N–H and O–H groups in total. The van der Waals surface area contributed by atoms with Gasteiger partial charge in [0, 0.05) is 17.8 Å². The predicted molar refractivity (Wildman–Crippen MR) is 85.7 cm³/mol. The van der Waals surface area contributed by atoms with Gasteiger partial charge in [-0.1, -0.05) is 6.07 Å². The molecule has 0 saturated heterocycles. The first kappa shape index (κ1) is 15.6. The van der Waals surface area contributed by atoms with Gasteiger partial charge in [0.15, 0.2) is 5.82 Å². The molecule has 0 aliphatic rings. The summed E-state index contributed by atoms with van der Waals surface area (Å²) in [6.45, 7) is 0. The van der Waals surface area contributed by atoms with Gasteiger partial charge < -0.3 is 15.4 Å². The molecule has 0 saturated carbocycles. The van der Waals surface area contributed by atoms with E-state index in [9.17, 15) is 8.78 Å². The van der Waals surface area contributed by atoms with Crippen LogP contribution in [-0.2, 0) is 0 Å². The summed E-state index contributed by atoms with van der Waals surface area (Å²) in [6, 6.07) is 10.4. The number of benzene rings is 2. The summed E-state index contributed by atoms with van der Waals surface area (Å²) in [5, 5.41) is 13.3. The molecular weight excluding hydrogens is 316 g/mol. The maximum absolute atomic E-state index is 13.7. The Morgan fingerprint density at radius 2 is 1.92 bits per heavy atom. The van der Waals surface area contributed by atoms with Crippen LogP contribution in [0, 0.1) is 11.6 Å². The fourth-order valence-corrected chi connectivity index (χ4v) is 1.98. The van der Waals surface area contributed by atoms with Crippen LogP contribution < -0.4 is 15.4 Å². The smallest absolute Gasteiger partial charge is 0.249 e. The number of hydrogen-bond donors (Lipinski definition) is 2. The van der Waals surface area contributed by atoms with Gasteiger partial charge in [-0.15, -0.1) is 5.10 Å². The summed E-state index contributed by atoms with van der Waals surface area (Å²) >= 11 is 0. The Morgan fingerprint density at radius 1 is 1.04 bits per heavy atom. The van der Waals surface area contributed by atoms with E-state index >= 15 is 0 Å². The van der Waals surface area contributed by atoms with Gasteiger partial charge in [-0.05, 0) is 24.3 Å². The molecule has 0 atom stereocenters. The number of rotatable bonds is 5. The Balaban J connectivity index is 1.78. The second kappa shape index (κ2) is 6.86. The first-order valence-electron chi connectivity index (χ1n) is 6.97. The quantitative estimate of drug-likeness (QED) is 0.744. The van der Waals surface area contributed by atoms with Crippen LogP contribution in [0.25, 0.3) is 0 Å². The first-order chi connectivity index (χ1) is 11.6. The van der Waals surface area contributed by atoms with Crippen molar-refractivity contribution >= 4 is 23.1 Å². The third kappa shape index (κ3) is 3.72. The standard InChI is InChI=1S/C16H13F2N5O/c1-24-12-4-2-3-11(8-12)20-15-9-19-23-16(22-15)21-14-6-5-10(17)7-13(14)18/h2-9H,1H3,(H2,20,21,22,23). The summed E-state index contributed by atoms with van der Waals surface area (Å²) in [7, 11) is 1.57. The minimum atomic E-state index is -0.746. The van der Waals surface area contributed by atoms with Crippen LogP contribution in [0.1, 0.15) is 0 Å². The molecule has 122 valence electrons. The zero-order valence-corrected chi connectivity index (χ0v) is 12.6. The maximum Gasteiger partial charge on any atom is 0.249 e. The Hall–Kier alpha value is -3.29. The average molecular weight is 329 g/mol. The zero-order chi connectivity index (χ0) is 16.9. The van der Waals surface area contributed by atoms with Crippen molar-refractivity contribution in [1.29, 1.82) is 0 Å². The lowest BCUT2D eigenvalue weighted by atomic mass is 10.3. The molecule has 3 rings (SSSR count). The lowest BCUT2D eigenvalue weighted by Gasteiger charge is -2.09. The van der Waals surface area contributed by atoms with Crippen molar-refractivity contribution in [3.63, 3.8) is 0 Å². The van der Waals surface area contributed by atoms with Crippen molar-refractivity contribution in [2.24, 2.45) is 0 Å². The van der Waals surface area contributed by atoms with Crippen LogP contribution in [-0.4, -0.2) is 22.3 Å². The highest BCUT2D eigenvalue weighted by molar-refractivity contribution is 5.60. The van der Waals surface area contributed by atoms with Gasteiger partial charge in [0.05, 0.1) is 19.0 Å². The Kier molecular flexibility index (Phi) is 4.46. The molecule has 0 aliphatic heterocycles. The molecular formula is C16H13F2N5O. The minimum absolute atomic E-state index is 0.0525. The molecule has 0 radical (unpaired) electrons. The highest BCUT2D eigenvalue weighted by atomic mass is 19.1. The third-order valence-electron chi connectivity index (χ3n) is 3.08. The van der Waals surface area contributed by atoms with E-state index in [1.165, 1.54) is 12.3 Å². The molecule has 3 aromatic rings. The van der Waals surface area contributed by atoms with Gasteiger partial charge in [0.2, 0.25) is 5.95 Å². The van der Waals surface area contributed by atoms with Crippen LogP contribution in [0.5, 0.6) is 5.75 Å². The van der Waals surface area contributed by atoms with Crippen molar-refractivity contribution in [3.05, 3.63) is 60.3 Å². The maximum atomic E-state index is 13.7. The van der Waals surface area contributed by atoms with Gasteiger partial charge in [-0.3, -0.25) is 0 Å². The molecule has 24 heavy (non-hydrogen) atoms. The molecule has 0 fully saturated rings. The highest BCUT2D eigenvalue weighted by Gasteiger charge is 2.07. The van der Waals surface area contributed by atoms with Gasteiger partial charge in [0.1, 0.15) is 17.4 Å². The van der Waals surface area contributed by atoms with E-state index in [1.54, 1.807) is 13.2 Å². The number of aromatic nitrogens is 3. The largest absolute Gasteiger partial charge is 0.497 e. The number of nitrogens with zero attached hydrogens (tertiary/aromatic N) is 3. The Bertz CT molecular complexity index is 859. The third-order valence-corrected chi connectivity index (χ3v) is 3.08. The highest BCUT2D eigenvalue weighted by Crippen LogP contribution is 2.22. The Labute approximate surface area is 136 Å². The van der Waals surface area contributed by atoms with Crippen LogP contribution in [0.3, 0.4) is 0 Å². The first-order valence-corrected chi connectivity index (χ1v) is 6.97. The molecule has 6 nitrogen and oxygen atoms in total. The van der Waals surface area contributed by atoms with Gasteiger partial charge in [-0.25, -0.2) is 8.78 Å². The minimum Gasteiger partial charge on any atom is -0.497 e. The topological polar surface area (TPSA) is 72.0 Å². The second-order valence-electron chi connectivity index (χ2n) is 4.77. The molecule has 1 aromatic heterocycles. The van der Waals surface area contributed by atoms with Crippen LogP contribution in [0.4, 0.5) is 31.9 Å². The number of nitrogens with one attached hydrogen (secondary N) is 2. The summed E-state index contributed by atoms with van der Waals surface area (Å²) in [5.41, 5.74) is 0.797. The van der Waals surface area contributed by atoms with Crippen LogP contribution in [0.15, 0.2) is 48.7 Å². The van der Waals surface area contributed by atoms with E-state index in [0.29, 0.717) is 11.6 Å². The summed E-state index contributed by atoms with van der Waals surface area (Å²) in [6.07, 6.45) is 1.42. The zero-order valence-electron chi connectivity index (χ0n) is 12.6.